The zero-order chi connectivity index (χ0) is 15.0. The van der Waals surface area contributed by atoms with Gasteiger partial charge in [0.25, 0.3) is 0 Å². The van der Waals surface area contributed by atoms with Crippen LogP contribution in [0.25, 0.3) is 0 Å². The molecule has 1 unspecified atom stereocenters. The van der Waals surface area contributed by atoms with Crippen molar-refractivity contribution in [3.05, 3.63) is 29.3 Å². The van der Waals surface area contributed by atoms with Crippen LogP contribution in [0.2, 0.25) is 0 Å². The molecule has 2 aliphatic rings. The van der Waals surface area contributed by atoms with E-state index in [1.165, 1.54) is 0 Å². The molecule has 1 atom stereocenters. The average Bonchev–Trinajstić information content (AvgIpc) is 2.91. The van der Waals surface area contributed by atoms with Crippen LogP contribution in [-0.2, 0) is 6.42 Å². The predicted octanol–water partition coefficient (Wildman–Crippen LogP) is 2.74. The summed E-state index contributed by atoms with van der Waals surface area (Å²) in [5.74, 6) is -0.922. The van der Waals surface area contributed by atoms with E-state index < -0.39 is 5.97 Å². The molecule has 0 aromatic heterocycles. The van der Waals surface area contributed by atoms with Crippen molar-refractivity contribution in [1.29, 1.82) is 0 Å². The minimum Gasteiger partial charge on any atom is -0.478 e. The van der Waals surface area contributed by atoms with Gasteiger partial charge in [-0.3, -0.25) is 4.90 Å². The van der Waals surface area contributed by atoms with Crippen molar-refractivity contribution in [2.45, 2.75) is 38.6 Å². The van der Waals surface area contributed by atoms with Crippen molar-refractivity contribution in [1.82, 2.24) is 4.90 Å². The SMILES string of the molecule is CC1CCCN1C(=O)N1CCCc2cc(C(=O)O)ccc21. The summed E-state index contributed by atoms with van der Waals surface area (Å²) in [6.07, 6.45) is 3.83. The topological polar surface area (TPSA) is 60.9 Å². The summed E-state index contributed by atoms with van der Waals surface area (Å²) in [7, 11) is 0. The Balaban J connectivity index is 1.90. The van der Waals surface area contributed by atoms with Crippen LogP contribution in [0.4, 0.5) is 10.5 Å². The van der Waals surface area contributed by atoms with Gasteiger partial charge in [0.2, 0.25) is 0 Å². The summed E-state index contributed by atoms with van der Waals surface area (Å²) >= 11 is 0. The Morgan fingerprint density at radius 1 is 1.24 bits per heavy atom. The number of nitrogens with zero attached hydrogens (tertiary/aromatic N) is 2. The smallest absolute Gasteiger partial charge is 0.335 e. The fraction of sp³-hybridized carbons (Fsp3) is 0.500. The zero-order valence-electron chi connectivity index (χ0n) is 12.2. The number of aromatic carboxylic acids is 1. The lowest BCUT2D eigenvalue weighted by Gasteiger charge is -2.34. The molecule has 0 radical (unpaired) electrons. The molecule has 1 saturated heterocycles. The number of urea groups is 1. The first-order valence-corrected chi connectivity index (χ1v) is 7.52. The summed E-state index contributed by atoms with van der Waals surface area (Å²) in [5.41, 5.74) is 2.12. The maximum atomic E-state index is 12.7. The number of carboxylic acids is 1. The summed E-state index contributed by atoms with van der Waals surface area (Å²) in [4.78, 5) is 27.5. The second-order valence-electron chi connectivity index (χ2n) is 5.87. The standard InChI is InChI=1S/C16H20N2O3/c1-11-4-2-8-17(11)16(21)18-9-3-5-12-10-13(15(19)20)6-7-14(12)18/h6-7,10-11H,2-5,8-9H2,1H3,(H,19,20). The van der Waals surface area contributed by atoms with Crippen LogP contribution in [0.1, 0.15) is 42.1 Å². The van der Waals surface area contributed by atoms with Gasteiger partial charge >= 0.3 is 12.0 Å². The zero-order valence-corrected chi connectivity index (χ0v) is 12.2. The van der Waals surface area contributed by atoms with Crippen molar-refractivity contribution in [3.63, 3.8) is 0 Å². The Labute approximate surface area is 124 Å². The van der Waals surface area contributed by atoms with Gasteiger partial charge in [0, 0.05) is 24.8 Å². The maximum Gasteiger partial charge on any atom is 0.335 e. The van der Waals surface area contributed by atoms with E-state index in [0.29, 0.717) is 12.6 Å². The van der Waals surface area contributed by atoms with Crippen molar-refractivity contribution in [2.24, 2.45) is 0 Å². The summed E-state index contributed by atoms with van der Waals surface area (Å²) in [5, 5.41) is 9.08. The molecule has 0 bridgehead atoms. The molecule has 0 aliphatic carbocycles. The van der Waals surface area contributed by atoms with Gasteiger partial charge in [-0.25, -0.2) is 9.59 Å². The number of aryl methyl sites for hydroxylation is 1. The summed E-state index contributed by atoms with van der Waals surface area (Å²) < 4.78 is 0. The van der Waals surface area contributed by atoms with Crippen LogP contribution in [0.15, 0.2) is 18.2 Å². The molecule has 2 aliphatic heterocycles. The van der Waals surface area contributed by atoms with E-state index >= 15 is 0 Å². The van der Waals surface area contributed by atoms with Crippen LogP contribution in [0.5, 0.6) is 0 Å². The number of hydrogen-bond acceptors (Lipinski definition) is 2. The van der Waals surface area contributed by atoms with E-state index in [9.17, 15) is 9.59 Å². The van der Waals surface area contributed by atoms with E-state index in [1.807, 2.05) is 9.80 Å². The molecule has 5 nitrogen and oxygen atoms in total. The maximum absolute atomic E-state index is 12.7. The molecule has 1 fully saturated rings. The third-order valence-electron chi connectivity index (χ3n) is 4.47. The molecule has 112 valence electrons. The van der Waals surface area contributed by atoms with Crippen molar-refractivity contribution in [3.8, 4) is 0 Å². The second-order valence-corrected chi connectivity index (χ2v) is 5.87. The van der Waals surface area contributed by atoms with Gasteiger partial charge < -0.3 is 10.0 Å². The molecular weight excluding hydrogens is 268 g/mol. The average molecular weight is 288 g/mol. The Morgan fingerprint density at radius 2 is 2.05 bits per heavy atom. The van der Waals surface area contributed by atoms with Crippen molar-refractivity contribution < 1.29 is 14.7 Å². The van der Waals surface area contributed by atoms with Gasteiger partial charge in [0.05, 0.1) is 5.56 Å². The number of carbonyl (C=O) groups is 2. The number of carbonyl (C=O) groups excluding carboxylic acids is 1. The highest BCUT2D eigenvalue weighted by molar-refractivity contribution is 5.95. The number of benzene rings is 1. The van der Waals surface area contributed by atoms with Gasteiger partial charge in [0.1, 0.15) is 0 Å². The molecule has 21 heavy (non-hydrogen) atoms. The minimum absolute atomic E-state index is 0.0593. The quantitative estimate of drug-likeness (QED) is 0.864. The molecule has 2 heterocycles. The Morgan fingerprint density at radius 3 is 2.71 bits per heavy atom. The monoisotopic (exact) mass is 288 g/mol. The predicted molar refractivity (Wildman–Crippen MR) is 79.9 cm³/mol. The van der Waals surface area contributed by atoms with E-state index in [2.05, 4.69) is 6.92 Å². The first-order valence-electron chi connectivity index (χ1n) is 7.52. The lowest BCUT2D eigenvalue weighted by atomic mass is 9.99. The first-order chi connectivity index (χ1) is 10.1. The molecule has 0 spiro atoms. The van der Waals surface area contributed by atoms with Crippen LogP contribution >= 0.6 is 0 Å². The third-order valence-corrected chi connectivity index (χ3v) is 4.47. The fourth-order valence-corrected chi connectivity index (χ4v) is 3.30. The Bertz CT molecular complexity index is 585. The van der Waals surface area contributed by atoms with Crippen LogP contribution in [0.3, 0.4) is 0 Å². The summed E-state index contributed by atoms with van der Waals surface area (Å²) in [6, 6.07) is 5.41. The lowest BCUT2D eigenvalue weighted by molar-refractivity contribution is 0.0696. The van der Waals surface area contributed by atoms with Gasteiger partial charge in [0.15, 0.2) is 0 Å². The highest BCUT2D eigenvalue weighted by Gasteiger charge is 2.31. The number of carboxylic acid groups (broad SMARTS) is 1. The fourth-order valence-electron chi connectivity index (χ4n) is 3.30. The van der Waals surface area contributed by atoms with Crippen molar-refractivity contribution in [2.75, 3.05) is 18.0 Å². The number of rotatable bonds is 1. The van der Waals surface area contributed by atoms with Gasteiger partial charge in [-0.05, 0) is 56.4 Å². The van der Waals surface area contributed by atoms with Gasteiger partial charge in [-0.15, -0.1) is 0 Å². The highest BCUT2D eigenvalue weighted by atomic mass is 16.4. The molecule has 2 amide bonds. The number of amides is 2. The van der Waals surface area contributed by atoms with Gasteiger partial charge in [-0.1, -0.05) is 0 Å². The second kappa shape index (κ2) is 5.39. The highest BCUT2D eigenvalue weighted by Crippen LogP contribution is 2.30. The molecule has 0 saturated carbocycles. The van der Waals surface area contributed by atoms with Crippen LogP contribution in [-0.4, -0.2) is 41.1 Å². The third kappa shape index (κ3) is 2.48. The number of likely N-dealkylation sites (tertiary alicyclic amines) is 1. The minimum atomic E-state index is -0.922. The summed E-state index contributed by atoms with van der Waals surface area (Å²) in [6.45, 7) is 3.61. The number of hydrogen-bond donors (Lipinski definition) is 1. The normalized spacial score (nSPS) is 21.3. The number of anilines is 1. The van der Waals surface area contributed by atoms with E-state index in [4.69, 9.17) is 5.11 Å². The van der Waals surface area contributed by atoms with Crippen molar-refractivity contribution >= 4 is 17.7 Å². The van der Waals surface area contributed by atoms with E-state index in [1.54, 1.807) is 18.2 Å². The van der Waals surface area contributed by atoms with E-state index in [0.717, 1.165) is 43.5 Å². The molecule has 1 aromatic rings. The first kappa shape index (κ1) is 13.9. The molecule has 3 rings (SSSR count). The number of fused-ring (bicyclic) bond motifs is 1. The Hall–Kier alpha value is -2.04. The van der Waals surface area contributed by atoms with Crippen LogP contribution < -0.4 is 4.90 Å². The molecule has 1 aromatic carbocycles. The largest absolute Gasteiger partial charge is 0.478 e. The van der Waals surface area contributed by atoms with E-state index in [-0.39, 0.29) is 11.6 Å². The van der Waals surface area contributed by atoms with Crippen LogP contribution in [0, 0.1) is 0 Å². The lowest BCUT2D eigenvalue weighted by Crippen LogP contribution is -2.46. The molecular formula is C16H20N2O3. The molecule has 1 N–H and O–H groups in total. The van der Waals surface area contributed by atoms with Gasteiger partial charge in [-0.2, -0.15) is 0 Å². The molecule has 5 heteroatoms. The Kier molecular flexibility index (Phi) is 3.57.